The second-order valence-electron chi connectivity index (χ2n) is 3.84. The van der Waals surface area contributed by atoms with Gasteiger partial charge in [0.25, 0.3) is 5.91 Å². The molecule has 1 aromatic heterocycles. The number of imidazole rings is 1. The quantitative estimate of drug-likeness (QED) is 0.760. The van der Waals surface area contributed by atoms with Gasteiger partial charge >= 0.3 is 0 Å². The van der Waals surface area contributed by atoms with E-state index in [4.69, 9.17) is 11.6 Å². The summed E-state index contributed by atoms with van der Waals surface area (Å²) >= 11 is 5.90. The van der Waals surface area contributed by atoms with Crippen LogP contribution in [-0.4, -0.2) is 34.5 Å². The second kappa shape index (κ2) is 3.79. The van der Waals surface area contributed by atoms with Gasteiger partial charge in [0.15, 0.2) is 0 Å². The molecular weight excluding hydrogens is 226 g/mol. The summed E-state index contributed by atoms with van der Waals surface area (Å²) in [5, 5.41) is 0.421. The van der Waals surface area contributed by atoms with Gasteiger partial charge in [0.2, 0.25) is 5.28 Å². The fourth-order valence-corrected chi connectivity index (χ4v) is 1.74. The first-order valence-corrected chi connectivity index (χ1v) is 5.22. The number of benzene rings is 1. The number of hydrogen-bond donors (Lipinski definition) is 0. The van der Waals surface area contributed by atoms with Crippen molar-refractivity contribution in [3.8, 4) is 0 Å². The first-order valence-electron chi connectivity index (χ1n) is 4.84. The van der Waals surface area contributed by atoms with Crippen molar-refractivity contribution in [3.05, 3.63) is 29.0 Å². The van der Waals surface area contributed by atoms with Crippen LogP contribution in [0.2, 0.25) is 5.28 Å². The lowest BCUT2D eigenvalue weighted by atomic mass is 10.2. The molecule has 84 valence electrons. The lowest BCUT2D eigenvalue weighted by Crippen LogP contribution is -2.21. The summed E-state index contributed by atoms with van der Waals surface area (Å²) in [6, 6.07) is 5.39. The molecular formula is C11H12ClN3O. The van der Waals surface area contributed by atoms with Crippen molar-refractivity contribution in [3.63, 3.8) is 0 Å². The largest absolute Gasteiger partial charge is 0.345 e. The summed E-state index contributed by atoms with van der Waals surface area (Å²) in [4.78, 5) is 17.4. The molecule has 0 saturated heterocycles. The van der Waals surface area contributed by atoms with Gasteiger partial charge in [-0.15, -0.1) is 0 Å². The number of aromatic nitrogens is 2. The molecule has 0 radical (unpaired) electrons. The third kappa shape index (κ3) is 1.65. The molecule has 1 amide bonds. The van der Waals surface area contributed by atoms with Gasteiger partial charge in [-0.2, -0.15) is 0 Å². The predicted octanol–water partition coefficient (Wildman–Crippen LogP) is 1.93. The Labute approximate surface area is 98.4 Å². The molecule has 0 saturated carbocycles. The Hall–Kier alpha value is -1.55. The molecule has 16 heavy (non-hydrogen) atoms. The number of nitrogens with zero attached hydrogens (tertiary/aromatic N) is 3. The molecule has 0 aliphatic rings. The van der Waals surface area contributed by atoms with E-state index in [0.717, 1.165) is 11.0 Å². The molecule has 0 atom stereocenters. The Kier molecular flexibility index (Phi) is 2.59. The van der Waals surface area contributed by atoms with E-state index >= 15 is 0 Å². The first kappa shape index (κ1) is 11.0. The van der Waals surface area contributed by atoms with Crippen molar-refractivity contribution < 1.29 is 4.79 Å². The van der Waals surface area contributed by atoms with E-state index in [9.17, 15) is 4.79 Å². The zero-order valence-corrected chi connectivity index (χ0v) is 10.1. The molecule has 4 nitrogen and oxygen atoms in total. The number of rotatable bonds is 1. The zero-order valence-electron chi connectivity index (χ0n) is 9.36. The number of carbonyl (C=O) groups excluding carboxylic acids is 1. The summed E-state index contributed by atoms with van der Waals surface area (Å²) in [6.07, 6.45) is 0. The topological polar surface area (TPSA) is 38.1 Å². The fourth-order valence-electron chi connectivity index (χ4n) is 1.56. The molecule has 1 aromatic carbocycles. The van der Waals surface area contributed by atoms with Crippen molar-refractivity contribution in [2.24, 2.45) is 7.05 Å². The maximum atomic E-state index is 11.7. The molecule has 2 rings (SSSR count). The van der Waals surface area contributed by atoms with Gasteiger partial charge in [-0.3, -0.25) is 4.79 Å². The third-order valence-electron chi connectivity index (χ3n) is 2.48. The SMILES string of the molecule is CN(C)C(=O)c1ccc2c(c1)nc(Cl)n2C. The van der Waals surface area contributed by atoms with E-state index in [1.165, 1.54) is 4.90 Å². The summed E-state index contributed by atoms with van der Waals surface area (Å²) in [7, 11) is 5.28. The number of fused-ring (bicyclic) bond motifs is 1. The smallest absolute Gasteiger partial charge is 0.253 e. The molecule has 0 spiro atoms. The Balaban J connectivity index is 2.57. The number of carbonyl (C=O) groups is 1. The highest BCUT2D eigenvalue weighted by atomic mass is 35.5. The van der Waals surface area contributed by atoms with Gasteiger partial charge in [-0.1, -0.05) is 0 Å². The molecule has 0 N–H and O–H groups in total. The molecule has 0 fully saturated rings. The number of aryl methyl sites for hydroxylation is 1. The monoisotopic (exact) mass is 237 g/mol. The van der Waals surface area contributed by atoms with Gasteiger partial charge in [-0.05, 0) is 29.8 Å². The van der Waals surface area contributed by atoms with Gasteiger partial charge in [0.05, 0.1) is 11.0 Å². The van der Waals surface area contributed by atoms with E-state index in [2.05, 4.69) is 4.98 Å². The van der Waals surface area contributed by atoms with Crippen molar-refractivity contribution >= 4 is 28.5 Å². The highest BCUT2D eigenvalue weighted by Crippen LogP contribution is 2.19. The number of hydrogen-bond acceptors (Lipinski definition) is 2. The van der Waals surface area contributed by atoms with E-state index in [1.54, 1.807) is 30.8 Å². The van der Waals surface area contributed by atoms with Crippen LogP contribution in [-0.2, 0) is 7.05 Å². The lowest BCUT2D eigenvalue weighted by Gasteiger charge is -2.09. The summed E-state index contributed by atoms with van der Waals surface area (Å²) in [5.41, 5.74) is 2.27. The Morgan fingerprint density at radius 3 is 2.75 bits per heavy atom. The number of amides is 1. The van der Waals surface area contributed by atoms with Crippen molar-refractivity contribution in [1.29, 1.82) is 0 Å². The van der Waals surface area contributed by atoms with Gasteiger partial charge in [0.1, 0.15) is 0 Å². The average Bonchev–Trinajstić information content (AvgIpc) is 2.53. The Morgan fingerprint density at radius 2 is 2.12 bits per heavy atom. The zero-order chi connectivity index (χ0) is 11.9. The van der Waals surface area contributed by atoms with Gasteiger partial charge < -0.3 is 9.47 Å². The second-order valence-corrected chi connectivity index (χ2v) is 4.18. The number of halogens is 1. The Bertz CT molecular complexity index is 560. The summed E-state index contributed by atoms with van der Waals surface area (Å²) in [6.45, 7) is 0. The summed E-state index contributed by atoms with van der Waals surface area (Å²) in [5.74, 6) is -0.0383. The normalized spacial score (nSPS) is 10.8. The highest BCUT2D eigenvalue weighted by molar-refractivity contribution is 6.29. The molecule has 2 aromatic rings. The highest BCUT2D eigenvalue weighted by Gasteiger charge is 2.11. The molecule has 0 aliphatic carbocycles. The maximum absolute atomic E-state index is 11.7. The molecule has 1 heterocycles. The molecule has 5 heteroatoms. The van der Waals surface area contributed by atoms with Crippen LogP contribution < -0.4 is 0 Å². The van der Waals surface area contributed by atoms with Crippen LogP contribution in [0.3, 0.4) is 0 Å². The van der Waals surface area contributed by atoms with Crippen LogP contribution in [0.25, 0.3) is 11.0 Å². The van der Waals surface area contributed by atoms with E-state index in [1.807, 2.05) is 13.1 Å². The molecule has 0 bridgehead atoms. The maximum Gasteiger partial charge on any atom is 0.253 e. The van der Waals surface area contributed by atoms with Crippen LogP contribution in [0.1, 0.15) is 10.4 Å². The minimum Gasteiger partial charge on any atom is -0.345 e. The van der Waals surface area contributed by atoms with Crippen LogP contribution in [0.4, 0.5) is 0 Å². The minimum atomic E-state index is -0.0383. The van der Waals surface area contributed by atoms with Crippen LogP contribution >= 0.6 is 11.6 Å². The van der Waals surface area contributed by atoms with Crippen LogP contribution in [0.5, 0.6) is 0 Å². The van der Waals surface area contributed by atoms with Gasteiger partial charge in [-0.25, -0.2) is 4.98 Å². The molecule has 0 unspecified atom stereocenters. The summed E-state index contributed by atoms with van der Waals surface area (Å²) < 4.78 is 1.78. The van der Waals surface area contributed by atoms with Crippen molar-refractivity contribution in [2.45, 2.75) is 0 Å². The standard InChI is InChI=1S/C11H12ClN3O/c1-14(2)10(16)7-4-5-9-8(6-7)13-11(12)15(9)3/h4-6H,1-3H3. The minimum absolute atomic E-state index is 0.0383. The third-order valence-corrected chi connectivity index (χ3v) is 2.82. The van der Waals surface area contributed by atoms with Crippen LogP contribution in [0.15, 0.2) is 18.2 Å². The lowest BCUT2D eigenvalue weighted by molar-refractivity contribution is 0.0828. The van der Waals surface area contributed by atoms with Gasteiger partial charge in [0, 0.05) is 26.7 Å². The van der Waals surface area contributed by atoms with E-state index in [-0.39, 0.29) is 5.91 Å². The fraction of sp³-hybridized carbons (Fsp3) is 0.273. The average molecular weight is 238 g/mol. The van der Waals surface area contributed by atoms with Crippen molar-refractivity contribution in [1.82, 2.24) is 14.5 Å². The van der Waals surface area contributed by atoms with E-state index < -0.39 is 0 Å². The van der Waals surface area contributed by atoms with E-state index in [0.29, 0.717) is 10.8 Å². The first-order chi connectivity index (χ1) is 7.50. The van der Waals surface area contributed by atoms with Crippen LogP contribution in [0, 0.1) is 0 Å². The molecule has 0 aliphatic heterocycles. The predicted molar refractivity (Wildman–Crippen MR) is 63.7 cm³/mol. The Morgan fingerprint density at radius 1 is 1.44 bits per heavy atom. The van der Waals surface area contributed by atoms with Crippen molar-refractivity contribution in [2.75, 3.05) is 14.1 Å².